The third-order valence-corrected chi connectivity index (χ3v) is 4.37. The van der Waals surface area contributed by atoms with E-state index in [-0.39, 0.29) is 6.61 Å². The molecular weight excluding hydrogens is 396 g/mol. The van der Waals surface area contributed by atoms with Crippen LogP contribution in [0.1, 0.15) is 33.3 Å². The van der Waals surface area contributed by atoms with Gasteiger partial charge in [0, 0.05) is 34.1 Å². The molecule has 0 amide bonds. The fourth-order valence-electron chi connectivity index (χ4n) is 3.33. The molecule has 0 saturated carbocycles. The first-order valence-corrected chi connectivity index (χ1v) is 9.51. The van der Waals surface area contributed by atoms with Gasteiger partial charge in [-0.1, -0.05) is 30.3 Å². The molecule has 30 heavy (non-hydrogen) atoms. The summed E-state index contributed by atoms with van der Waals surface area (Å²) >= 11 is 0. The summed E-state index contributed by atoms with van der Waals surface area (Å²) in [7, 11) is 0. The predicted molar refractivity (Wildman–Crippen MR) is 102 cm³/mol. The molecular formula is C21H26O9. The monoisotopic (exact) mass is 422 g/mol. The number of hydrogen-bond acceptors (Lipinski definition) is 9. The summed E-state index contributed by atoms with van der Waals surface area (Å²) in [6.45, 7) is 4.60. The molecule has 1 aliphatic heterocycles. The van der Waals surface area contributed by atoms with Crippen molar-refractivity contribution in [2.45, 2.75) is 64.6 Å². The highest BCUT2D eigenvalue weighted by molar-refractivity contribution is 5.68. The Kier molecular flexibility index (Phi) is 8.35. The smallest absolute Gasteiger partial charge is 0.303 e. The van der Waals surface area contributed by atoms with Gasteiger partial charge in [0.15, 0.2) is 18.3 Å². The van der Waals surface area contributed by atoms with E-state index >= 15 is 0 Å². The Bertz CT molecular complexity index is 761. The number of ether oxygens (including phenoxy) is 5. The van der Waals surface area contributed by atoms with E-state index in [2.05, 4.69) is 0 Å². The standard InChI is InChI=1S/C21H26O9/c1-12(22)26-11-18-20(28-14(3)24)21(29-15(4)25)19(27-13(2)23)17(30-18)10-16-8-6-5-7-9-16/h5-9,17-21H,10-11H2,1-4H3/t17-,18+,19-,20+,21+/m0/s1. The average molecular weight is 422 g/mol. The van der Waals surface area contributed by atoms with Crippen LogP contribution in [0, 0.1) is 0 Å². The lowest BCUT2D eigenvalue weighted by Crippen LogP contribution is -2.62. The quantitative estimate of drug-likeness (QED) is 0.474. The van der Waals surface area contributed by atoms with E-state index in [1.165, 1.54) is 27.7 Å². The van der Waals surface area contributed by atoms with Crippen LogP contribution in [0.2, 0.25) is 0 Å². The molecule has 1 saturated heterocycles. The molecule has 0 radical (unpaired) electrons. The minimum atomic E-state index is -1.14. The van der Waals surface area contributed by atoms with Crippen LogP contribution in [0.5, 0.6) is 0 Å². The van der Waals surface area contributed by atoms with Crippen LogP contribution >= 0.6 is 0 Å². The number of hydrogen-bond donors (Lipinski definition) is 0. The Labute approximate surface area is 174 Å². The van der Waals surface area contributed by atoms with Crippen molar-refractivity contribution >= 4 is 23.9 Å². The summed E-state index contributed by atoms with van der Waals surface area (Å²) in [5.41, 5.74) is 0.887. The lowest BCUT2D eigenvalue weighted by Gasteiger charge is -2.44. The summed E-state index contributed by atoms with van der Waals surface area (Å²) in [4.78, 5) is 46.6. The summed E-state index contributed by atoms with van der Waals surface area (Å²) < 4.78 is 27.3. The van der Waals surface area contributed by atoms with Crippen molar-refractivity contribution in [1.82, 2.24) is 0 Å². The molecule has 0 bridgehead atoms. The van der Waals surface area contributed by atoms with Crippen molar-refractivity contribution in [3.8, 4) is 0 Å². The molecule has 0 aliphatic carbocycles. The van der Waals surface area contributed by atoms with Crippen LogP contribution in [0.15, 0.2) is 30.3 Å². The van der Waals surface area contributed by atoms with E-state index in [4.69, 9.17) is 23.7 Å². The van der Waals surface area contributed by atoms with Crippen LogP contribution in [-0.2, 0) is 49.3 Å². The SMILES string of the molecule is CC(=O)OC[C@H]1O[C@@H](Cc2ccccc2)[C@H](OC(C)=O)[C@@H](OC(C)=O)[C@@H]1OC(C)=O. The van der Waals surface area contributed by atoms with Gasteiger partial charge >= 0.3 is 23.9 Å². The van der Waals surface area contributed by atoms with Crippen LogP contribution in [-0.4, -0.2) is 61.0 Å². The van der Waals surface area contributed by atoms with Crippen LogP contribution in [0.3, 0.4) is 0 Å². The van der Waals surface area contributed by atoms with Crippen LogP contribution < -0.4 is 0 Å². The van der Waals surface area contributed by atoms with Crippen molar-refractivity contribution in [2.75, 3.05) is 6.61 Å². The second-order valence-electron chi connectivity index (χ2n) is 6.93. The van der Waals surface area contributed by atoms with Crippen LogP contribution in [0.25, 0.3) is 0 Å². The first-order valence-electron chi connectivity index (χ1n) is 9.51. The molecule has 2 rings (SSSR count). The zero-order valence-corrected chi connectivity index (χ0v) is 17.4. The molecule has 1 aliphatic rings. The molecule has 0 aromatic heterocycles. The number of benzene rings is 1. The van der Waals surface area contributed by atoms with E-state index in [0.717, 1.165) is 5.56 Å². The van der Waals surface area contributed by atoms with E-state index in [1.807, 2.05) is 30.3 Å². The van der Waals surface area contributed by atoms with Gasteiger partial charge in [0.1, 0.15) is 18.8 Å². The number of esters is 4. The summed E-state index contributed by atoms with van der Waals surface area (Å²) in [5, 5.41) is 0. The molecule has 0 unspecified atom stereocenters. The maximum atomic E-state index is 11.8. The molecule has 0 N–H and O–H groups in total. The van der Waals surface area contributed by atoms with E-state index < -0.39 is 54.4 Å². The topological polar surface area (TPSA) is 114 Å². The van der Waals surface area contributed by atoms with E-state index in [0.29, 0.717) is 6.42 Å². The molecule has 1 fully saturated rings. The summed E-state index contributed by atoms with van der Waals surface area (Å²) in [6, 6.07) is 9.29. The fourth-order valence-corrected chi connectivity index (χ4v) is 3.33. The lowest BCUT2D eigenvalue weighted by molar-refractivity contribution is -0.252. The molecule has 9 nitrogen and oxygen atoms in total. The van der Waals surface area contributed by atoms with Gasteiger partial charge in [-0.3, -0.25) is 19.2 Å². The van der Waals surface area contributed by atoms with Crippen molar-refractivity contribution in [1.29, 1.82) is 0 Å². The van der Waals surface area contributed by atoms with Gasteiger partial charge in [0.05, 0.1) is 0 Å². The van der Waals surface area contributed by atoms with Gasteiger partial charge in [-0.05, 0) is 5.56 Å². The number of carbonyl (C=O) groups is 4. The molecule has 5 atom stereocenters. The van der Waals surface area contributed by atoms with Gasteiger partial charge in [-0.15, -0.1) is 0 Å². The van der Waals surface area contributed by atoms with Gasteiger partial charge in [-0.2, -0.15) is 0 Å². The third-order valence-electron chi connectivity index (χ3n) is 4.37. The predicted octanol–water partition coefficient (Wildman–Crippen LogP) is 1.35. The molecule has 0 spiro atoms. The van der Waals surface area contributed by atoms with Gasteiger partial charge < -0.3 is 23.7 Å². The van der Waals surface area contributed by atoms with E-state index in [9.17, 15) is 19.2 Å². The molecule has 1 aromatic carbocycles. The van der Waals surface area contributed by atoms with Crippen molar-refractivity contribution in [3.05, 3.63) is 35.9 Å². The Balaban J connectivity index is 2.42. The normalized spacial score (nSPS) is 25.7. The van der Waals surface area contributed by atoms with Gasteiger partial charge in [0.25, 0.3) is 0 Å². The van der Waals surface area contributed by atoms with E-state index in [1.54, 1.807) is 0 Å². The first kappa shape index (κ1) is 23.3. The van der Waals surface area contributed by atoms with Gasteiger partial charge in [-0.25, -0.2) is 0 Å². The minimum Gasteiger partial charge on any atom is -0.463 e. The van der Waals surface area contributed by atoms with Crippen LogP contribution in [0.4, 0.5) is 0 Å². The second kappa shape index (κ2) is 10.7. The third kappa shape index (κ3) is 6.84. The molecule has 1 aromatic rings. The molecule has 164 valence electrons. The van der Waals surface area contributed by atoms with Crippen molar-refractivity contribution in [2.24, 2.45) is 0 Å². The average Bonchev–Trinajstić information content (AvgIpc) is 2.64. The van der Waals surface area contributed by atoms with Crippen molar-refractivity contribution < 1.29 is 42.9 Å². The highest BCUT2D eigenvalue weighted by atomic mass is 16.7. The second-order valence-corrected chi connectivity index (χ2v) is 6.93. The lowest BCUT2D eigenvalue weighted by atomic mass is 9.91. The molecule has 9 heteroatoms. The zero-order chi connectivity index (χ0) is 22.3. The Morgan fingerprint density at radius 2 is 1.23 bits per heavy atom. The highest BCUT2D eigenvalue weighted by Gasteiger charge is 2.51. The Morgan fingerprint density at radius 1 is 0.733 bits per heavy atom. The Morgan fingerprint density at radius 3 is 1.73 bits per heavy atom. The minimum absolute atomic E-state index is 0.233. The van der Waals surface area contributed by atoms with Crippen molar-refractivity contribution in [3.63, 3.8) is 0 Å². The number of rotatable bonds is 7. The summed E-state index contributed by atoms with van der Waals surface area (Å²) in [6.07, 6.45) is -4.67. The number of carbonyl (C=O) groups excluding carboxylic acids is 4. The first-order chi connectivity index (χ1) is 14.2. The molecule has 1 heterocycles. The maximum absolute atomic E-state index is 11.8. The summed E-state index contributed by atoms with van der Waals surface area (Å²) in [5.74, 6) is -2.47. The highest BCUT2D eigenvalue weighted by Crippen LogP contribution is 2.31. The largest absolute Gasteiger partial charge is 0.463 e. The fraction of sp³-hybridized carbons (Fsp3) is 0.524. The van der Waals surface area contributed by atoms with Gasteiger partial charge in [0.2, 0.25) is 0 Å². The Hall–Kier alpha value is -2.94. The zero-order valence-electron chi connectivity index (χ0n) is 17.4. The maximum Gasteiger partial charge on any atom is 0.303 e.